The average molecular weight is 417 g/mol. The number of anilines is 2. The summed E-state index contributed by atoms with van der Waals surface area (Å²) >= 11 is 3.38. The minimum atomic E-state index is -0.517. The van der Waals surface area contributed by atoms with Crippen LogP contribution in [0.15, 0.2) is 53.0 Å². The number of amides is 2. The van der Waals surface area contributed by atoms with E-state index in [2.05, 4.69) is 21.2 Å². The van der Waals surface area contributed by atoms with E-state index in [9.17, 15) is 14.4 Å². The molecule has 2 aromatic carbocycles. The number of esters is 1. The fourth-order valence-electron chi connectivity index (χ4n) is 2.77. The Bertz CT molecular complexity index is 851. The van der Waals surface area contributed by atoms with Gasteiger partial charge in [0.15, 0.2) is 0 Å². The van der Waals surface area contributed by atoms with Crippen LogP contribution in [0.5, 0.6) is 5.75 Å². The largest absolute Gasteiger partial charge is 0.426 e. The summed E-state index contributed by atoms with van der Waals surface area (Å²) in [6.07, 6.45) is 0.120. The fraction of sp³-hybridized carbons (Fsp3) is 0.211. The maximum absolute atomic E-state index is 12.4. The van der Waals surface area contributed by atoms with E-state index in [0.29, 0.717) is 11.4 Å². The first-order valence-electron chi connectivity index (χ1n) is 8.07. The highest BCUT2D eigenvalue weighted by Crippen LogP contribution is 2.28. The van der Waals surface area contributed by atoms with Crippen LogP contribution in [0.4, 0.5) is 11.4 Å². The molecule has 1 N–H and O–H groups in total. The maximum atomic E-state index is 12.4. The zero-order chi connectivity index (χ0) is 18.7. The van der Waals surface area contributed by atoms with Gasteiger partial charge in [-0.1, -0.05) is 22.0 Å². The molecule has 2 aromatic rings. The molecule has 1 aliphatic heterocycles. The van der Waals surface area contributed by atoms with Crippen LogP contribution in [0.3, 0.4) is 0 Å². The van der Waals surface area contributed by atoms with Gasteiger partial charge in [-0.25, -0.2) is 0 Å². The number of hydrogen-bond donors (Lipinski definition) is 1. The Labute approximate surface area is 159 Å². The quantitative estimate of drug-likeness (QED) is 0.612. The molecule has 0 aromatic heterocycles. The number of carbonyl (C=O) groups excluding carboxylic acids is 3. The van der Waals surface area contributed by atoms with E-state index in [1.807, 2.05) is 24.3 Å². The Balaban J connectivity index is 1.64. The lowest BCUT2D eigenvalue weighted by atomic mass is 10.1. The topological polar surface area (TPSA) is 75.7 Å². The fourth-order valence-corrected chi connectivity index (χ4v) is 3.16. The molecule has 1 saturated heterocycles. The number of nitrogens with one attached hydrogen (secondary N) is 1. The first-order valence-corrected chi connectivity index (χ1v) is 8.87. The molecule has 1 fully saturated rings. The number of nitrogens with zero attached hydrogens (tertiary/aromatic N) is 1. The Morgan fingerprint density at radius 1 is 1.19 bits per heavy atom. The van der Waals surface area contributed by atoms with Gasteiger partial charge in [-0.15, -0.1) is 0 Å². The van der Waals surface area contributed by atoms with E-state index >= 15 is 0 Å². The van der Waals surface area contributed by atoms with Crippen LogP contribution in [-0.2, 0) is 14.4 Å². The van der Waals surface area contributed by atoms with Gasteiger partial charge in [0, 0.05) is 35.7 Å². The smallest absolute Gasteiger partial charge is 0.316 e. The number of benzene rings is 2. The van der Waals surface area contributed by atoms with Crippen molar-refractivity contribution in [1.29, 1.82) is 0 Å². The van der Waals surface area contributed by atoms with Crippen LogP contribution >= 0.6 is 15.9 Å². The summed E-state index contributed by atoms with van der Waals surface area (Å²) in [7, 11) is 0. The summed E-state index contributed by atoms with van der Waals surface area (Å²) in [5, 5.41) is 2.64. The van der Waals surface area contributed by atoms with Crippen molar-refractivity contribution in [2.75, 3.05) is 16.8 Å². The lowest BCUT2D eigenvalue weighted by Gasteiger charge is -2.16. The molecule has 1 unspecified atom stereocenters. The summed E-state index contributed by atoms with van der Waals surface area (Å²) in [5.74, 6) is -0.866. The molecule has 0 aliphatic carbocycles. The molecule has 0 saturated carbocycles. The highest BCUT2D eigenvalue weighted by molar-refractivity contribution is 9.10. The molecular weight excluding hydrogens is 400 g/mol. The van der Waals surface area contributed by atoms with Gasteiger partial charge >= 0.3 is 5.97 Å². The zero-order valence-corrected chi connectivity index (χ0v) is 15.7. The highest BCUT2D eigenvalue weighted by Gasteiger charge is 2.36. The van der Waals surface area contributed by atoms with Crippen molar-refractivity contribution in [2.45, 2.75) is 13.3 Å². The molecule has 6 nitrogen and oxygen atoms in total. The molecule has 1 atom stereocenters. The summed E-state index contributed by atoms with van der Waals surface area (Å²) in [4.78, 5) is 37.3. The monoisotopic (exact) mass is 416 g/mol. The summed E-state index contributed by atoms with van der Waals surface area (Å²) in [5.41, 5.74) is 1.37. The van der Waals surface area contributed by atoms with Gasteiger partial charge in [-0.3, -0.25) is 14.4 Å². The molecule has 26 heavy (non-hydrogen) atoms. The van der Waals surface area contributed by atoms with Gasteiger partial charge in [0.2, 0.25) is 11.8 Å². The Kier molecular flexibility index (Phi) is 5.37. The van der Waals surface area contributed by atoms with Crippen molar-refractivity contribution < 1.29 is 19.1 Å². The number of hydrogen-bond acceptors (Lipinski definition) is 4. The molecule has 3 rings (SSSR count). The molecule has 134 valence electrons. The lowest BCUT2D eigenvalue weighted by molar-refractivity contribution is -0.139. The second-order valence-corrected chi connectivity index (χ2v) is 6.93. The second-order valence-electron chi connectivity index (χ2n) is 6.01. The highest BCUT2D eigenvalue weighted by atomic mass is 79.9. The number of rotatable bonds is 4. The van der Waals surface area contributed by atoms with Crippen molar-refractivity contribution in [3.8, 4) is 5.75 Å². The lowest BCUT2D eigenvalue weighted by Crippen LogP contribution is -2.27. The molecule has 0 bridgehead atoms. The second kappa shape index (κ2) is 7.70. The number of halogens is 1. The van der Waals surface area contributed by atoms with Gasteiger partial charge in [0.25, 0.3) is 0 Å². The Morgan fingerprint density at radius 3 is 2.58 bits per heavy atom. The van der Waals surface area contributed by atoms with Gasteiger partial charge in [0.1, 0.15) is 5.75 Å². The maximum Gasteiger partial charge on any atom is 0.316 e. The van der Waals surface area contributed by atoms with Crippen LogP contribution in [0.25, 0.3) is 0 Å². The zero-order valence-electron chi connectivity index (χ0n) is 14.1. The third-order valence-corrected chi connectivity index (χ3v) is 4.46. The first-order chi connectivity index (χ1) is 12.4. The third kappa shape index (κ3) is 4.29. The normalized spacial score (nSPS) is 16.5. The molecule has 0 spiro atoms. The standard InChI is InChI=1S/C19H17BrN2O4/c1-12(23)21-15-5-7-17(8-6-15)26-19(25)13-9-18(24)22(11-13)16-4-2-3-14(20)10-16/h2-8,10,13H,9,11H2,1H3,(H,21,23). The van der Waals surface area contributed by atoms with Crippen molar-refractivity contribution in [3.05, 3.63) is 53.0 Å². The predicted molar refractivity (Wildman–Crippen MR) is 101 cm³/mol. The Hall–Kier alpha value is -2.67. The van der Waals surface area contributed by atoms with Crippen LogP contribution < -0.4 is 15.0 Å². The summed E-state index contributed by atoms with van der Waals surface area (Å²) in [6, 6.07) is 13.9. The minimum Gasteiger partial charge on any atom is -0.426 e. The first kappa shape index (κ1) is 18.1. The van der Waals surface area contributed by atoms with Crippen LogP contribution in [0.2, 0.25) is 0 Å². The van der Waals surface area contributed by atoms with E-state index in [0.717, 1.165) is 10.2 Å². The van der Waals surface area contributed by atoms with Gasteiger partial charge in [-0.05, 0) is 42.5 Å². The third-order valence-electron chi connectivity index (χ3n) is 3.97. The van der Waals surface area contributed by atoms with Crippen molar-refractivity contribution in [2.24, 2.45) is 5.92 Å². The van der Waals surface area contributed by atoms with E-state index in [1.54, 1.807) is 29.2 Å². The van der Waals surface area contributed by atoms with Crippen LogP contribution in [-0.4, -0.2) is 24.3 Å². The Morgan fingerprint density at radius 2 is 1.92 bits per heavy atom. The predicted octanol–water partition coefficient (Wildman–Crippen LogP) is 3.37. The van der Waals surface area contributed by atoms with Gasteiger partial charge in [0.05, 0.1) is 5.92 Å². The van der Waals surface area contributed by atoms with E-state index < -0.39 is 11.9 Å². The van der Waals surface area contributed by atoms with Crippen LogP contribution in [0, 0.1) is 5.92 Å². The van der Waals surface area contributed by atoms with E-state index in [-0.39, 0.29) is 24.8 Å². The summed E-state index contributed by atoms with van der Waals surface area (Å²) < 4.78 is 6.24. The summed E-state index contributed by atoms with van der Waals surface area (Å²) in [6.45, 7) is 1.71. The number of carbonyl (C=O) groups is 3. The van der Waals surface area contributed by atoms with Crippen molar-refractivity contribution in [1.82, 2.24) is 0 Å². The molecular formula is C19H17BrN2O4. The van der Waals surface area contributed by atoms with Crippen molar-refractivity contribution >= 4 is 45.1 Å². The molecule has 1 heterocycles. The average Bonchev–Trinajstić information content (AvgIpc) is 2.98. The van der Waals surface area contributed by atoms with Crippen LogP contribution in [0.1, 0.15) is 13.3 Å². The molecule has 7 heteroatoms. The molecule has 0 radical (unpaired) electrons. The molecule has 1 aliphatic rings. The minimum absolute atomic E-state index is 0.106. The molecule has 2 amide bonds. The van der Waals surface area contributed by atoms with Gasteiger partial charge in [-0.2, -0.15) is 0 Å². The SMILES string of the molecule is CC(=O)Nc1ccc(OC(=O)C2CC(=O)N(c3cccc(Br)c3)C2)cc1. The van der Waals surface area contributed by atoms with E-state index in [4.69, 9.17) is 4.74 Å². The van der Waals surface area contributed by atoms with Gasteiger partial charge < -0.3 is 15.0 Å². The van der Waals surface area contributed by atoms with Crippen molar-refractivity contribution in [3.63, 3.8) is 0 Å². The van der Waals surface area contributed by atoms with E-state index in [1.165, 1.54) is 6.92 Å². The number of ether oxygens (including phenoxy) is 1.